The fourth-order valence-electron chi connectivity index (χ4n) is 3.21. The van der Waals surface area contributed by atoms with Crippen LogP contribution in [0.2, 0.25) is 0 Å². The lowest BCUT2D eigenvalue weighted by atomic mass is 9.99. The molecule has 0 fully saturated rings. The van der Waals surface area contributed by atoms with Crippen molar-refractivity contribution in [1.82, 2.24) is 15.1 Å². The van der Waals surface area contributed by atoms with Gasteiger partial charge in [0.1, 0.15) is 18.1 Å². The standard InChI is InChI=1S/C25H26N4O5.C5H13NO/c1-17(14-31)27-25(33)18(2)29(5)16-26-24-20(15-32)7-6-8-21(24)19-9-10-23(34-12-11-30)22(13-19)28(3)4;1-6(2)4-5-7-3/h6-11,13-16H,1-2,12H2,3-5H3,(H,27,33);4-5H2,1-3H3. The molecule has 0 unspecified atom stereocenters. The van der Waals surface area contributed by atoms with Crippen LogP contribution in [0, 0.1) is 0 Å². The Morgan fingerprint density at radius 3 is 2.29 bits per heavy atom. The molecule has 0 saturated carbocycles. The van der Waals surface area contributed by atoms with Gasteiger partial charge in [-0.1, -0.05) is 31.4 Å². The van der Waals surface area contributed by atoms with Crippen molar-refractivity contribution >= 4 is 42.5 Å². The number of hydrogen-bond donors (Lipinski definition) is 1. The Labute approximate surface area is 241 Å². The molecular weight excluding hydrogens is 526 g/mol. The fourth-order valence-corrected chi connectivity index (χ4v) is 3.21. The minimum absolute atomic E-state index is 0.0171. The highest BCUT2D eigenvalue weighted by Gasteiger charge is 2.15. The zero-order chi connectivity index (χ0) is 30.9. The summed E-state index contributed by atoms with van der Waals surface area (Å²) in [6, 6.07) is 10.6. The summed E-state index contributed by atoms with van der Waals surface area (Å²) in [4.78, 5) is 55.0. The smallest absolute Gasteiger partial charge is 0.271 e. The number of hydrogen-bond acceptors (Lipinski definition) is 9. The van der Waals surface area contributed by atoms with Gasteiger partial charge in [-0.3, -0.25) is 19.2 Å². The summed E-state index contributed by atoms with van der Waals surface area (Å²) in [5, 5.41) is 2.31. The number of nitrogens with one attached hydrogen (secondary N) is 1. The van der Waals surface area contributed by atoms with E-state index < -0.39 is 5.91 Å². The molecule has 2 rings (SSSR count). The first-order valence-electron chi connectivity index (χ1n) is 12.5. The summed E-state index contributed by atoms with van der Waals surface area (Å²) in [5.74, 6) is -0.0760. The van der Waals surface area contributed by atoms with Gasteiger partial charge in [0.15, 0.2) is 18.9 Å². The molecule has 11 nitrogen and oxygen atoms in total. The number of allylic oxidation sites excluding steroid dienone is 1. The van der Waals surface area contributed by atoms with Crippen LogP contribution in [0.3, 0.4) is 0 Å². The van der Waals surface area contributed by atoms with Gasteiger partial charge in [-0.2, -0.15) is 0 Å². The van der Waals surface area contributed by atoms with Crippen LogP contribution in [0.4, 0.5) is 11.4 Å². The van der Waals surface area contributed by atoms with Gasteiger partial charge in [0, 0.05) is 45.9 Å². The summed E-state index contributed by atoms with van der Waals surface area (Å²) in [6.45, 7) is 8.86. The summed E-state index contributed by atoms with van der Waals surface area (Å²) in [7, 11) is 11.0. The third-order valence-electron chi connectivity index (χ3n) is 5.46. The van der Waals surface area contributed by atoms with Crippen LogP contribution in [-0.4, -0.2) is 103 Å². The Morgan fingerprint density at radius 1 is 1.05 bits per heavy atom. The minimum Gasteiger partial charge on any atom is -0.484 e. The summed E-state index contributed by atoms with van der Waals surface area (Å²) in [5.41, 5.74) is 2.83. The summed E-state index contributed by atoms with van der Waals surface area (Å²) >= 11 is 0. The van der Waals surface area contributed by atoms with E-state index in [9.17, 15) is 19.2 Å². The lowest BCUT2D eigenvalue weighted by Crippen LogP contribution is -2.31. The van der Waals surface area contributed by atoms with Gasteiger partial charge in [-0.25, -0.2) is 4.99 Å². The number of rotatable bonds is 15. The van der Waals surface area contributed by atoms with Crippen molar-refractivity contribution in [3.63, 3.8) is 0 Å². The van der Waals surface area contributed by atoms with Crippen molar-refractivity contribution in [2.75, 3.05) is 67.0 Å². The van der Waals surface area contributed by atoms with E-state index in [1.807, 2.05) is 45.2 Å². The van der Waals surface area contributed by atoms with Crippen molar-refractivity contribution in [2.45, 2.75) is 0 Å². The molecule has 1 amide bonds. The maximum Gasteiger partial charge on any atom is 0.271 e. The molecule has 0 atom stereocenters. The molecule has 0 aliphatic heterocycles. The van der Waals surface area contributed by atoms with E-state index in [1.165, 1.54) is 11.2 Å². The molecule has 41 heavy (non-hydrogen) atoms. The number of likely N-dealkylation sites (N-methyl/N-ethyl adjacent to an activating group) is 2. The second kappa shape index (κ2) is 17.9. The van der Waals surface area contributed by atoms with Gasteiger partial charge < -0.3 is 29.5 Å². The Bertz CT molecular complexity index is 1260. The van der Waals surface area contributed by atoms with Crippen LogP contribution in [0.1, 0.15) is 10.4 Å². The number of anilines is 1. The van der Waals surface area contributed by atoms with E-state index in [1.54, 1.807) is 38.4 Å². The molecule has 0 radical (unpaired) electrons. The second-order valence-corrected chi connectivity index (χ2v) is 9.11. The van der Waals surface area contributed by atoms with E-state index >= 15 is 0 Å². The van der Waals surface area contributed by atoms with Crippen molar-refractivity contribution in [2.24, 2.45) is 4.99 Å². The predicted octanol–water partition coefficient (Wildman–Crippen LogP) is 2.94. The van der Waals surface area contributed by atoms with Crippen LogP contribution >= 0.6 is 0 Å². The largest absolute Gasteiger partial charge is 0.484 e. The molecule has 2 aromatic rings. The highest BCUT2D eigenvalue weighted by atomic mass is 16.5. The fraction of sp³-hybridized carbons (Fsp3) is 0.300. The molecule has 11 heteroatoms. The van der Waals surface area contributed by atoms with Gasteiger partial charge >= 0.3 is 0 Å². The zero-order valence-corrected chi connectivity index (χ0v) is 24.5. The number of para-hydroxylation sites is 1. The van der Waals surface area contributed by atoms with Gasteiger partial charge in [0.2, 0.25) is 0 Å². The number of amides is 1. The monoisotopic (exact) mass is 565 g/mol. The first kappa shape index (κ1) is 34.4. The molecule has 1 N–H and O–H groups in total. The van der Waals surface area contributed by atoms with Crippen LogP contribution in [0.5, 0.6) is 5.75 Å². The third kappa shape index (κ3) is 11.2. The van der Waals surface area contributed by atoms with Crippen molar-refractivity contribution in [3.05, 3.63) is 66.5 Å². The average molecular weight is 566 g/mol. The van der Waals surface area contributed by atoms with E-state index in [4.69, 9.17) is 9.47 Å². The molecule has 0 saturated heterocycles. The van der Waals surface area contributed by atoms with E-state index in [0.717, 1.165) is 24.4 Å². The number of ether oxygens (including phenoxy) is 2. The number of benzene rings is 2. The molecule has 2 aromatic carbocycles. The Hall–Kier alpha value is -4.61. The van der Waals surface area contributed by atoms with Crippen LogP contribution in [-0.2, 0) is 19.1 Å². The average Bonchev–Trinajstić information content (AvgIpc) is 2.96. The maximum atomic E-state index is 12.2. The molecule has 0 bridgehead atoms. The van der Waals surface area contributed by atoms with Crippen LogP contribution < -0.4 is 15.0 Å². The van der Waals surface area contributed by atoms with Gasteiger partial charge in [-0.05, 0) is 37.9 Å². The molecule has 0 aliphatic carbocycles. The number of methoxy groups -OCH3 is 1. The number of aliphatic imine (C=N–C) groups is 1. The Kier molecular flexibility index (Phi) is 15.0. The number of carbonyl (C=O) groups excluding carboxylic acids is 4. The summed E-state index contributed by atoms with van der Waals surface area (Å²) < 4.78 is 10.3. The van der Waals surface area contributed by atoms with Crippen LogP contribution in [0.25, 0.3) is 11.1 Å². The second-order valence-electron chi connectivity index (χ2n) is 9.11. The van der Waals surface area contributed by atoms with Crippen molar-refractivity contribution in [3.8, 4) is 16.9 Å². The highest BCUT2D eigenvalue weighted by Crippen LogP contribution is 2.37. The molecule has 0 aliphatic rings. The minimum atomic E-state index is -0.614. The highest BCUT2D eigenvalue weighted by molar-refractivity contribution is 5.99. The SMILES string of the molecule is C=C(C=O)NC(=O)C(=C)N(C)C=Nc1c(C=O)cccc1-c1ccc(OCC=O)c(N(C)C)c1.COCCN(C)C. The zero-order valence-electron chi connectivity index (χ0n) is 24.5. The van der Waals surface area contributed by atoms with Gasteiger partial charge in [0.25, 0.3) is 5.91 Å². The molecule has 0 heterocycles. The van der Waals surface area contributed by atoms with E-state index in [-0.39, 0.29) is 18.0 Å². The first-order chi connectivity index (χ1) is 19.5. The van der Waals surface area contributed by atoms with Crippen molar-refractivity contribution < 1.29 is 28.7 Å². The summed E-state index contributed by atoms with van der Waals surface area (Å²) in [6.07, 6.45) is 3.14. The van der Waals surface area contributed by atoms with Gasteiger partial charge in [-0.15, -0.1) is 0 Å². The van der Waals surface area contributed by atoms with E-state index in [2.05, 4.69) is 28.4 Å². The molecular formula is C30H39N5O6. The van der Waals surface area contributed by atoms with Crippen LogP contribution in [0.15, 0.2) is 65.9 Å². The van der Waals surface area contributed by atoms with Crippen molar-refractivity contribution in [1.29, 1.82) is 0 Å². The molecule has 0 aromatic heterocycles. The number of carbonyl (C=O) groups is 4. The Morgan fingerprint density at radius 2 is 1.76 bits per heavy atom. The predicted molar refractivity (Wildman–Crippen MR) is 162 cm³/mol. The quantitative estimate of drug-likeness (QED) is 0.150. The lowest BCUT2D eigenvalue weighted by Gasteiger charge is -2.19. The number of aldehydes is 3. The Balaban J connectivity index is 0.00000106. The third-order valence-corrected chi connectivity index (χ3v) is 5.46. The molecule has 0 spiro atoms. The molecule has 220 valence electrons. The first-order valence-corrected chi connectivity index (χ1v) is 12.5. The normalized spacial score (nSPS) is 10.3. The lowest BCUT2D eigenvalue weighted by molar-refractivity contribution is -0.118. The van der Waals surface area contributed by atoms with Gasteiger partial charge in [0.05, 0.1) is 30.0 Å². The number of nitrogens with zero attached hydrogens (tertiary/aromatic N) is 4. The maximum absolute atomic E-state index is 12.2. The topological polar surface area (TPSA) is 121 Å². The van der Waals surface area contributed by atoms with E-state index in [0.29, 0.717) is 41.4 Å².